The molecule has 0 saturated carbocycles. The van der Waals surface area contributed by atoms with Gasteiger partial charge in [0.15, 0.2) is 0 Å². The van der Waals surface area contributed by atoms with Crippen LogP contribution in [0, 0.1) is 5.82 Å². The summed E-state index contributed by atoms with van der Waals surface area (Å²) in [5, 5.41) is -0.0599. The van der Waals surface area contributed by atoms with Gasteiger partial charge in [-0.25, -0.2) is 22.5 Å². The minimum absolute atomic E-state index is 0.0296. The lowest BCUT2D eigenvalue weighted by atomic mass is 10.2. The van der Waals surface area contributed by atoms with Crippen molar-refractivity contribution in [3.8, 4) is 11.4 Å². The topological polar surface area (TPSA) is 53.2 Å². The van der Waals surface area contributed by atoms with Crippen molar-refractivity contribution in [1.29, 1.82) is 0 Å². The molecular formula is C14H12ClF3N2O3. The van der Waals surface area contributed by atoms with Gasteiger partial charge in [-0.15, -0.1) is 0 Å². The zero-order chi connectivity index (χ0) is 17.5. The molecule has 9 heteroatoms. The molecule has 0 spiro atoms. The summed E-state index contributed by atoms with van der Waals surface area (Å²) >= 11 is 5.75. The van der Waals surface area contributed by atoms with Gasteiger partial charge in [-0.3, -0.25) is 9.36 Å². The van der Waals surface area contributed by atoms with E-state index in [1.807, 2.05) is 0 Å². The van der Waals surface area contributed by atoms with Gasteiger partial charge >= 0.3 is 5.69 Å². The normalized spacial score (nSPS) is 11.6. The predicted molar refractivity (Wildman–Crippen MR) is 78.4 cm³/mol. The molecule has 23 heavy (non-hydrogen) atoms. The lowest BCUT2D eigenvalue weighted by molar-refractivity contribution is 0.00825. The monoisotopic (exact) mass is 348 g/mol. The Morgan fingerprint density at radius 1 is 1.22 bits per heavy atom. The van der Waals surface area contributed by atoms with Gasteiger partial charge in [-0.05, 0) is 6.07 Å². The van der Waals surface area contributed by atoms with Crippen LogP contribution >= 0.6 is 11.6 Å². The number of methoxy groups -OCH3 is 1. The molecule has 0 aliphatic heterocycles. The first-order valence-corrected chi connectivity index (χ1v) is 6.70. The summed E-state index contributed by atoms with van der Waals surface area (Å²) in [4.78, 5) is 24.3. The summed E-state index contributed by atoms with van der Waals surface area (Å²) in [7, 11) is 2.33. The molecule has 0 amide bonds. The van der Waals surface area contributed by atoms with E-state index in [1.165, 1.54) is 7.11 Å². The zero-order valence-electron chi connectivity index (χ0n) is 12.4. The highest BCUT2D eigenvalue weighted by molar-refractivity contribution is 6.32. The average Bonchev–Trinajstić information content (AvgIpc) is 2.44. The second-order valence-electron chi connectivity index (χ2n) is 4.87. The highest BCUT2D eigenvalue weighted by Crippen LogP contribution is 2.29. The molecule has 2 rings (SSSR count). The quantitative estimate of drug-likeness (QED) is 0.856. The van der Waals surface area contributed by atoms with E-state index in [1.54, 1.807) is 0 Å². The van der Waals surface area contributed by atoms with Crippen LogP contribution in [0.2, 0.25) is 5.02 Å². The number of nitrogens with zero attached hydrogens (tertiary/aromatic N) is 2. The van der Waals surface area contributed by atoms with E-state index >= 15 is 0 Å². The zero-order valence-corrected chi connectivity index (χ0v) is 13.1. The minimum Gasteiger partial charge on any atom is -0.495 e. The average molecular weight is 349 g/mol. The Morgan fingerprint density at radius 3 is 2.35 bits per heavy atom. The van der Waals surface area contributed by atoms with Crippen LogP contribution in [0.4, 0.5) is 13.2 Å². The number of alkyl halides is 2. The van der Waals surface area contributed by atoms with E-state index in [-0.39, 0.29) is 10.8 Å². The molecule has 1 aromatic heterocycles. The van der Waals surface area contributed by atoms with Gasteiger partial charge < -0.3 is 4.74 Å². The van der Waals surface area contributed by atoms with Crippen LogP contribution in [0.15, 0.2) is 27.8 Å². The van der Waals surface area contributed by atoms with Crippen molar-refractivity contribution < 1.29 is 17.9 Å². The van der Waals surface area contributed by atoms with E-state index in [2.05, 4.69) is 0 Å². The Bertz CT molecular complexity index is 885. The van der Waals surface area contributed by atoms with Crippen LogP contribution in [0.25, 0.3) is 5.69 Å². The molecule has 124 valence electrons. The van der Waals surface area contributed by atoms with Gasteiger partial charge in [0.05, 0.1) is 23.5 Å². The van der Waals surface area contributed by atoms with Crippen molar-refractivity contribution in [1.82, 2.24) is 9.13 Å². The van der Waals surface area contributed by atoms with Crippen LogP contribution < -0.4 is 16.0 Å². The number of rotatable bonds is 3. The lowest BCUT2D eigenvalue weighted by Gasteiger charge is -2.17. The van der Waals surface area contributed by atoms with Gasteiger partial charge in [0.1, 0.15) is 11.6 Å². The smallest absolute Gasteiger partial charge is 0.335 e. The number of ether oxygens (including phenoxy) is 1. The number of aromatic nitrogens is 2. The Kier molecular flexibility index (Phi) is 4.30. The third-order valence-electron chi connectivity index (χ3n) is 3.23. The fourth-order valence-electron chi connectivity index (χ4n) is 2.11. The van der Waals surface area contributed by atoms with E-state index in [4.69, 9.17) is 16.3 Å². The first-order valence-electron chi connectivity index (χ1n) is 6.32. The fraction of sp³-hybridized carbons (Fsp3) is 0.286. The molecule has 0 aliphatic carbocycles. The second kappa shape index (κ2) is 5.77. The minimum atomic E-state index is -3.40. The van der Waals surface area contributed by atoms with E-state index in [0.29, 0.717) is 22.1 Å². The number of hydrogen-bond acceptors (Lipinski definition) is 3. The Labute approximate surface area is 133 Å². The molecule has 0 saturated heterocycles. The van der Waals surface area contributed by atoms with Gasteiger partial charge in [0.25, 0.3) is 11.5 Å². The number of benzene rings is 1. The predicted octanol–water partition coefficient (Wildman–Crippen LogP) is 2.45. The fourth-order valence-corrected chi connectivity index (χ4v) is 2.34. The maximum absolute atomic E-state index is 14.1. The van der Waals surface area contributed by atoms with E-state index < -0.39 is 34.4 Å². The molecule has 0 fully saturated rings. The van der Waals surface area contributed by atoms with Crippen LogP contribution in [0.1, 0.15) is 12.6 Å². The van der Waals surface area contributed by atoms with Crippen molar-refractivity contribution in [3.05, 3.63) is 55.6 Å². The summed E-state index contributed by atoms with van der Waals surface area (Å²) in [6, 6.07) is 2.50. The van der Waals surface area contributed by atoms with Gasteiger partial charge in [0, 0.05) is 26.1 Å². The second-order valence-corrected chi connectivity index (χ2v) is 5.28. The Balaban J connectivity index is 2.84. The van der Waals surface area contributed by atoms with E-state index in [0.717, 1.165) is 19.2 Å². The molecule has 0 atom stereocenters. The first kappa shape index (κ1) is 17.1. The Hall–Kier alpha value is -2.22. The summed E-state index contributed by atoms with van der Waals surface area (Å²) in [6.45, 7) is 0.553. The molecule has 2 aromatic rings. The molecule has 0 bridgehead atoms. The third kappa shape index (κ3) is 2.98. The number of hydrogen-bond donors (Lipinski definition) is 0. The van der Waals surface area contributed by atoms with Crippen molar-refractivity contribution >= 4 is 11.6 Å². The van der Waals surface area contributed by atoms with Gasteiger partial charge in [-0.2, -0.15) is 0 Å². The first-order chi connectivity index (χ1) is 10.6. The van der Waals surface area contributed by atoms with Crippen LogP contribution in [-0.2, 0) is 13.0 Å². The van der Waals surface area contributed by atoms with Crippen molar-refractivity contribution in [2.45, 2.75) is 12.8 Å². The molecule has 0 radical (unpaired) electrons. The highest BCUT2D eigenvalue weighted by Gasteiger charge is 2.30. The van der Waals surface area contributed by atoms with Crippen LogP contribution in [0.3, 0.4) is 0 Å². The summed E-state index contributed by atoms with van der Waals surface area (Å²) in [6.07, 6.45) is 0. The number of halogens is 4. The van der Waals surface area contributed by atoms with Crippen molar-refractivity contribution in [2.75, 3.05) is 7.11 Å². The molecule has 1 heterocycles. The van der Waals surface area contributed by atoms with Crippen molar-refractivity contribution in [3.63, 3.8) is 0 Å². The maximum atomic E-state index is 14.1. The molecule has 0 N–H and O–H groups in total. The maximum Gasteiger partial charge on any atom is 0.335 e. The summed E-state index contributed by atoms with van der Waals surface area (Å²) < 4.78 is 46.9. The van der Waals surface area contributed by atoms with Gasteiger partial charge in [0.2, 0.25) is 0 Å². The standard InChI is InChI=1S/C14H12ClF3N2O3/c1-14(17,18)11-6-12(21)20(13(22)19(11)2)9-5-10(23-3)7(15)4-8(9)16/h4-6H,1-3H3. The highest BCUT2D eigenvalue weighted by atomic mass is 35.5. The molecular weight excluding hydrogens is 337 g/mol. The Morgan fingerprint density at radius 2 is 1.83 bits per heavy atom. The molecule has 0 aliphatic rings. The SMILES string of the molecule is COc1cc(-n2c(=O)cc(C(C)(F)F)n(C)c2=O)c(F)cc1Cl. The largest absolute Gasteiger partial charge is 0.495 e. The third-order valence-corrected chi connectivity index (χ3v) is 3.53. The van der Waals surface area contributed by atoms with Crippen molar-refractivity contribution in [2.24, 2.45) is 7.05 Å². The molecule has 5 nitrogen and oxygen atoms in total. The van der Waals surface area contributed by atoms with Gasteiger partial charge in [-0.1, -0.05) is 11.6 Å². The molecule has 0 unspecified atom stereocenters. The van der Waals surface area contributed by atoms with Crippen LogP contribution in [-0.4, -0.2) is 16.2 Å². The summed E-state index contributed by atoms with van der Waals surface area (Å²) in [5.74, 6) is -4.34. The van der Waals surface area contributed by atoms with Crippen LogP contribution in [0.5, 0.6) is 5.75 Å². The lowest BCUT2D eigenvalue weighted by Crippen LogP contribution is -2.41. The molecule has 1 aromatic carbocycles. The van der Waals surface area contributed by atoms with E-state index in [9.17, 15) is 22.8 Å². The summed E-state index contributed by atoms with van der Waals surface area (Å²) in [5.41, 5.74) is -3.42.